The highest BCUT2D eigenvalue weighted by Gasteiger charge is 2.47. The first-order valence-electron chi connectivity index (χ1n) is 8.87. The van der Waals surface area contributed by atoms with Crippen LogP contribution < -0.4 is 0 Å². The van der Waals surface area contributed by atoms with Crippen LogP contribution in [0, 0.1) is 11.3 Å². The van der Waals surface area contributed by atoms with Crippen molar-refractivity contribution in [2.45, 2.75) is 50.7 Å². The lowest BCUT2D eigenvalue weighted by atomic mass is 9.77. The minimum atomic E-state index is -0.240. The maximum absolute atomic E-state index is 11.9. The zero-order valence-electron chi connectivity index (χ0n) is 13.3. The summed E-state index contributed by atoms with van der Waals surface area (Å²) in [5.74, 6) is 0.570. The molecule has 4 rings (SSSR count). The molecule has 22 heavy (non-hydrogen) atoms. The summed E-state index contributed by atoms with van der Waals surface area (Å²) < 4.78 is 16.8. The monoisotopic (exact) mass is 309 g/mol. The van der Waals surface area contributed by atoms with Crippen molar-refractivity contribution in [1.82, 2.24) is 4.90 Å². The number of hydrogen-bond acceptors (Lipinski definition) is 5. The Morgan fingerprint density at radius 2 is 1.64 bits per heavy atom. The molecule has 3 saturated heterocycles. The van der Waals surface area contributed by atoms with Crippen LogP contribution in [0.3, 0.4) is 0 Å². The predicted molar refractivity (Wildman–Crippen MR) is 80.3 cm³/mol. The van der Waals surface area contributed by atoms with Crippen molar-refractivity contribution in [3.63, 3.8) is 0 Å². The standard InChI is InChI=1S/C17H27NO4/c19-15-16(7-10-20-15)5-8-18(9-6-16)13-14-1-3-17(4-2-14)21-11-12-22-17/h14H,1-13H2. The van der Waals surface area contributed by atoms with Crippen LogP contribution in [0.5, 0.6) is 0 Å². The molecule has 5 heteroatoms. The van der Waals surface area contributed by atoms with E-state index in [1.54, 1.807) is 0 Å². The van der Waals surface area contributed by atoms with Gasteiger partial charge >= 0.3 is 5.97 Å². The molecule has 0 amide bonds. The molecular weight excluding hydrogens is 282 g/mol. The van der Waals surface area contributed by atoms with E-state index < -0.39 is 0 Å². The average Bonchev–Trinajstić information content (AvgIpc) is 3.13. The molecule has 3 aliphatic heterocycles. The summed E-state index contributed by atoms with van der Waals surface area (Å²) in [5.41, 5.74) is -0.140. The topological polar surface area (TPSA) is 48.0 Å². The van der Waals surface area contributed by atoms with Gasteiger partial charge in [-0.1, -0.05) is 0 Å². The summed E-state index contributed by atoms with van der Waals surface area (Å²) in [5, 5.41) is 0. The first-order valence-corrected chi connectivity index (χ1v) is 8.87. The first kappa shape index (κ1) is 14.9. The van der Waals surface area contributed by atoms with Gasteiger partial charge in [-0.3, -0.25) is 4.79 Å². The van der Waals surface area contributed by atoms with Crippen LogP contribution in [-0.4, -0.2) is 56.1 Å². The lowest BCUT2D eigenvalue weighted by Crippen LogP contribution is -2.45. The number of likely N-dealkylation sites (tertiary alicyclic amines) is 1. The van der Waals surface area contributed by atoms with E-state index >= 15 is 0 Å². The molecule has 0 atom stereocenters. The van der Waals surface area contributed by atoms with Crippen LogP contribution >= 0.6 is 0 Å². The van der Waals surface area contributed by atoms with Gasteiger partial charge in [-0.05, 0) is 51.1 Å². The van der Waals surface area contributed by atoms with E-state index in [1.807, 2.05) is 0 Å². The summed E-state index contributed by atoms with van der Waals surface area (Å²) in [7, 11) is 0. The second-order valence-corrected chi connectivity index (χ2v) is 7.52. The molecule has 0 aromatic heterocycles. The zero-order chi connectivity index (χ0) is 15.0. The van der Waals surface area contributed by atoms with Gasteiger partial charge in [0.25, 0.3) is 0 Å². The number of rotatable bonds is 2. The number of carbonyl (C=O) groups is 1. The van der Waals surface area contributed by atoms with Gasteiger partial charge in [0.1, 0.15) is 0 Å². The normalized spacial score (nSPS) is 31.9. The third kappa shape index (κ3) is 2.68. The molecular formula is C17H27NO4. The Hall–Kier alpha value is -0.650. The van der Waals surface area contributed by atoms with Gasteiger partial charge in [0.2, 0.25) is 0 Å². The molecule has 0 unspecified atom stereocenters. The number of esters is 1. The van der Waals surface area contributed by atoms with Crippen LogP contribution in [-0.2, 0) is 19.0 Å². The SMILES string of the molecule is O=C1OCCC12CCN(CC1CCC3(CC1)OCCO3)CC2. The predicted octanol–water partition coefficient (Wildman–Crippen LogP) is 1.95. The Morgan fingerprint density at radius 3 is 2.23 bits per heavy atom. The highest BCUT2D eigenvalue weighted by atomic mass is 16.7. The molecule has 0 aromatic rings. The van der Waals surface area contributed by atoms with Gasteiger partial charge in [-0.15, -0.1) is 0 Å². The van der Waals surface area contributed by atoms with Crippen LogP contribution in [0.1, 0.15) is 44.9 Å². The number of cyclic esters (lactones) is 1. The van der Waals surface area contributed by atoms with Gasteiger partial charge in [-0.25, -0.2) is 0 Å². The van der Waals surface area contributed by atoms with E-state index in [0.29, 0.717) is 6.61 Å². The summed E-state index contributed by atoms with van der Waals surface area (Å²) in [6.45, 7) is 5.40. The van der Waals surface area contributed by atoms with Crippen LogP contribution in [0.4, 0.5) is 0 Å². The van der Waals surface area contributed by atoms with Crippen LogP contribution in [0.15, 0.2) is 0 Å². The molecule has 0 radical (unpaired) electrons. The lowest BCUT2D eigenvalue weighted by molar-refractivity contribution is -0.183. The van der Waals surface area contributed by atoms with E-state index in [2.05, 4.69) is 4.90 Å². The Labute approximate surface area is 132 Å². The largest absolute Gasteiger partial charge is 0.465 e. The van der Waals surface area contributed by atoms with Crippen molar-refractivity contribution in [3.05, 3.63) is 0 Å². The van der Waals surface area contributed by atoms with E-state index in [-0.39, 0.29) is 17.2 Å². The second kappa shape index (κ2) is 5.77. The van der Waals surface area contributed by atoms with Crippen molar-refractivity contribution < 1.29 is 19.0 Å². The molecule has 1 saturated carbocycles. The van der Waals surface area contributed by atoms with E-state index in [0.717, 1.165) is 64.3 Å². The smallest absolute Gasteiger partial charge is 0.312 e. The molecule has 4 aliphatic rings. The zero-order valence-corrected chi connectivity index (χ0v) is 13.3. The lowest BCUT2D eigenvalue weighted by Gasteiger charge is -2.40. The maximum Gasteiger partial charge on any atom is 0.312 e. The molecule has 124 valence electrons. The van der Waals surface area contributed by atoms with Crippen molar-refractivity contribution in [1.29, 1.82) is 0 Å². The number of carbonyl (C=O) groups excluding carboxylic acids is 1. The summed E-state index contributed by atoms with van der Waals surface area (Å²) in [4.78, 5) is 14.5. The molecule has 5 nitrogen and oxygen atoms in total. The molecule has 1 aliphatic carbocycles. The number of ether oxygens (including phenoxy) is 3. The fourth-order valence-corrected chi connectivity index (χ4v) is 4.66. The van der Waals surface area contributed by atoms with Gasteiger partial charge in [0.15, 0.2) is 5.79 Å². The highest BCUT2D eigenvalue weighted by molar-refractivity contribution is 5.78. The summed E-state index contributed by atoms with van der Waals surface area (Å²) >= 11 is 0. The molecule has 0 aromatic carbocycles. The Bertz CT molecular complexity index is 414. The summed E-state index contributed by atoms with van der Waals surface area (Å²) in [6, 6.07) is 0. The summed E-state index contributed by atoms with van der Waals surface area (Å²) in [6.07, 6.45) is 7.38. The van der Waals surface area contributed by atoms with E-state index in [1.165, 1.54) is 19.4 Å². The Morgan fingerprint density at radius 1 is 0.955 bits per heavy atom. The minimum Gasteiger partial charge on any atom is -0.465 e. The van der Waals surface area contributed by atoms with Crippen molar-refractivity contribution in [2.24, 2.45) is 11.3 Å². The van der Waals surface area contributed by atoms with E-state index in [4.69, 9.17) is 14.2 Å². The average molecular weight is 309 g/mol. The van der Waals surface area contributed by atoms with Crippen molar-refractivity contribution in [2.75, 3.05) is 39.5 Å². The van der Waals surface area contributed by atoms with Gasteiger partial charge < -0.3 is 19.1 Å². The molecule has 0 N–H and O–H groups in total. The maximum atomic E-state index is 11.9. The fourth-order valence-electron chi connectivity index (χ4n) is 4.66. The second-order valence-electron chi connectivity index (χ2n) is 7.52. The fraction of sp³-hybridized carbons (Fsp3) is 0.941. The number of nitrogens with zero attached hydrogens (tertiary/aromatic N) is 1. The number of hydrogen-bond donors (Lipinski definition) is 0. The van der Waals surface area contributed by atoms with Crippen molar-refractivity contribution in [3.8, 4) is 0 Å². The van der Waals surface area contributed by atoms with Gasteiger partial charge in [-0.2, -0.15) is 0 Å². The molecule has 0 bridgehead atoms. The quantitative estimate of drug-likeness (QED) is 0.730. The van der Waals surface area contributed by atoms with E-state index in [9.17, 15) is 4.79 Å². The first-order chi connectivity index (χ1) is 10.7. The van der Waals surface area contributed by atoms with Crippen molar-refractivity contribution >= 4 is 5.97 Å². The third-order valence-corrected chi connectivity index (χ3v) is 6.26. The molecule has 4 fully saturated rings. The Balaban J connectivity index is 1.25. The number of piperidine rings is 1. The van der Waals surface area contributed by atoms with Crippen LogP contribution in [0.2, 0.25) is 0 Å². The van der Waals surface area contributed by atoms with Gasteiger partial charge in [0.05, 0.1) is 25.2 Å². The highest BCUT2D eigenvalue weighted by Crippen LogP contribution is 2.42. The minimum absolute atomic E-state index is 0.0577. The molecule has 2 spiro atoms. The molecule has 3 heterocycles. The Kier molecular flexibility index (Phi) is 3.91. The van der Waals surface area contributed by atoms with Gasteiger partial charge in [0, 0.05) is 19.4 Å². The third-order valence-electron chi connectivity index (χ3n) is 6.26. The van der Waals surface area contributed by atoms with Crippen LogP contribution in [0.25, 0.3) is 0 Å².